The van der Waals surface area contributed by atoms with Gasteiger partial charge in [-0.2, -0.15) is 0 Å². The lowest BCUT2D eigenvalue weighted by Gasteiger charge is -2.10. The Morgan fingerprint density at radius 3 is 2.71 bits per heavy atom. The number of carbonyl (C=O) groups excluding carboxylic acids is 1. The Morgan fingerprint density at radius 2 is 2.00 bits per heavy atom. The third kappa shape index (κ3) is 4.80. The van der Waals surface area contributed by atoms with Gasteiger partial charge in [-0.3, -0.25) is 4.79 Å². The van der Waals surface area contributed by atoms with Crippen LogP contribution >= 0.6 is 11.6 Å². The monoisotopic (exact) mass is 303 g/mol. The first-order chi connectivity index (χ1) is 10.0. The lowest BCUT2D eigenvalue weighted by atomic mass is 10.1. The second-order valence-electron chi connectivity index (χ2n) is 4.96. The molecular weight excluding hydrogens is 286 g/mol. The molecule has 0 radical (unpaired) electrons. The molecule has 4 heteroatoms. The predicted octanol–water partition coefficient (Wildman–Crippen LogP) is 3.65. The molecule has 21 heavy (non-hydrogen) atoms. The fourth-order valence-electron chi connectivity index (χ4n) is 1.99. The smallest absolute Gasteiger partial charge is 0.258 e. The molecule has 0 saturated heterocycles. The molecule has 0 unspecified atom stereocenters. The van der Waals surface area contributed by atoms with E-state index in [1.54, 1.807) is 12.1 Å². The van der Waals surface area contributed by atoms with Crippen LogP contribution in [-0.4, -0.2) is 12.5 Å². The highest BCUT2D eigenvalue weighted by atomic mass is 35.5. The summed E-state index contributed by atoms with van der Waals surface area (Å²) in [5.41, 5.74) is 3.16. The Balaban J connectivity index is 1.82. The van der Waals surface area contributed by atoms with Crippen molar-refractivity contribution in [3.8, 4) is 5.75 Å². The van der Waals surface area contributed by atoms with E-state index < -0.39 is 0 Å². The summed E-state index contributed by atoms with van der Waals surface area (Å²) in [5.74, 6) is 0.524. The van der Waals surface area contributed by atoms with Crippen molar-refractivity contribution in [2.24, 2.45) is 0 Å². The van der Waals surface area contributed by atoms with Gasteiger partial charge in [0.2, 0.25) is 0 Å². The van der Waals surface area contributed by atoms with Crippen molar-refractivity contribution in [2.45, 2.75) is 20.4 Å². The number of nitrogens with one attached hydrogen (secondary N) is 1. The van der Waals surface area contributed by atoms with Gasteiger partial charge < -0.3 is 10.1 Å². The number of rotatable bonds is 5. The van der Waals surface area contributed by atoms with Crippen LogP contribution in [0.4, 0.5) is 0 Å². The van der Waals surface area contributed by atoms with Gasteiger partial charge in [0.15, 0.2) is 6.61 Å². The summed E-state index contributed by atoms with van der Waals surface area (Å²) in [6.45, 7) is 4.42. The first kappa shape index (κ1) is 15.4. The number of halogens is 1. The Labute approximate surface area is 129 Å². The van der Waals surface area contributed by atoms with Crippen LogP contribution in [0.2, 0.25) is 5.02 Å². The number of amides is 1. The van der Waals surface area contributed by atoms with Crippen molar-refractivity contribution in [1.29, 1.82) is 0 Å². The topological polar surface area (TPSA) is 38.3 Å². The summed E-state index contributed by atoms with van der Waals surface area (Å²) < 4.78 is 5.50. The summed E-state index contributed by atoms with van der Waals surface area (Å²) in [7, 11) is 0. The molecule has 3 nitrogen and oxygen atoms in total. The molecule has 0 bridgehead atoms. The Hall–Kier alpha value is -2.00. The zero-order valence-corrected chi connectivity index (χ0v) is 12.9. The van der Waals surface area contributed by atoms with Gasteiger partial charge in [-0.25, -0.2) is 0 Å². The molecule has 2 aromatic carbocycles. The van der Waals surface area contributed by atoms with Gasteiger partial charge in [0, 0.05) is 11.6 Å². The molecule has 0 aromatic heterocycles. The van der Waals surface area contributed by atoms with E-state index in [1.165, 1.54) is 5.56 Å². The number of carbonyl (C=O) groups is 1. The molecule has 1 amide bonds. The van der Waals surface area contributed by atoms with Crippen LogP contribution < -0.4 is 10.1 Å². The van der Waals surface area contributed by atoms with Crippen molar-refractivity contribution >= 4 is 17.5 Å². The number of hydrogen-bond acceptors (Lipinski definition) is 2. The zero-order chi connectivity index (χ0) is 15.2. The maximum atomic E-state index is 11.8. The fourth-order valence-corrected chi connectivity index (χ4v) is 2.22. The van der Waals surface area contributed by atoms with E-state index in [-0.39, 0.29) is 12.5 Å². The lowest BCUT2D eigenvalue weighted by Crippen LogP contribution is -2.28. The summed E-state index contributed by atoms with van der Waals surface area (Å²) in [5, 5.41) is 3.49. The molecule has 0 aliphatic heterocycles. The van der Waals surface area contributed by atoms with Gasteiger partial charge in [-0.05, 0) is 43.2 Å². The highest BCUT2D eigenvalue weighted by Crippen LogP contribution is 2.21. The summed E-state index contributed by atoms with van der Waals surface area (Å²) >= 11 is 5.88. The number of benzene rings is 2. The molecule has 0 aliphatic carbocycles. The van der Waals surface area contributed by atoms with Gasteiger partial charge in [-0.1, -0.05) is 41.4 Å². The average Bonchev–Trinajstić information content (AvgIpc) is 2.44. The molecule has 0 heterocycles. The fraction of sp³-hybridized carbons (Fsp3) is 0.235. The highest BCUT2D eigenvalue weighted by Gasteiger charge is 2.05. The largest absolute Gasteiger partial charge is 0.484 e. The van der Waals surface area contributed by atoms with Crippen molar-refractivity contribution in [3.63, 3.8) is 0 Å². The second-order valence-corrected chi connectivity index (χ2v) is 5.40. The van der Waals surface area contributed by atoms with Crippen LogP contribution in [-0.2, 0) is 11.3 Å². The van der Waals surface area contributed by atoms with Crippen molar-refractivity contribution < 1.29 is 9.53 Å². The molecular formula is C17H18ClNO2. The van der Waals surface area contributed by atoms with Gasteiger partial charge in [-0.15, -0.1) is 0 Å². The normalized spacial score (nSPS) is 10.2. The number of aryl methyl sites for hydroxylation is 2. The van der Waals surface area contributed by atoms with Crippen LogP contribution in [0.5, 0.6) is 5.75 Å². The standard InChI is InChI=1S/C17H18ClNO2/c1-12-4-3-5-14(8-12)10-19-17(20)11-21-16-7-6-15(18)9-13(16)2/h3-9H,10-11H2,1-2H3,(H,19,20). The minimum Gasteiger partial charge on any atom is -0.484 e. The van der Waals surface area contributed by atoms with Gasteiger partial charge in [0.05, 0.1) is 0 Å². The van der Waals surface area contributed by atoms with Gasteiger partial charge in [0.1, 0.15) is 5.75 Å². The highest BCUT2D eigenvalue weighted by molar-refractivity contribution is 6.30. The molecule has 0 saturated carbocycles. The second kappa shape index (κ2) is 7.14. The van der Waals surface area contributed by atoms with E-state index in [9.17, 15) is 4.79 Å². The van der Waals surface area contributed by atoms with E-state index in [4.69, 9.17) is 16.3 Å². The molecule has 2 aromatic rings. The van der Waals surface area contributed by atoms with Crippen LogP contribution in [0, 0.1) is 13.8 Å². The van der Waals surface area contributed by atoms with Crippen LogP contribution in [0.1, 0.15) is 16.7 Å². The summed E-state index contributed by atoms with van der Waals surface area (Å²) in [6.07, 6.45) is 0. The maximum absolute atomic E-state index is 11.8. The van der Waals surface area contributed by atoms with E-state index in [0.29, 0.717) is 17.3 Å². The van der Waals surface area contributed by atoms with E-state index >= 15 is 0 Å². The Kier molecular flexibility index (Phi) is 5.23. The van der Waals surface area contributed by atoms with Crippen LogP contribution in [0.15, 0.2) is 42.5 Å². The minimum atomic E-state index is -0.147. The van der Waals surface area contributed by atoms with E-state index in [0.717, 1.165) is 11.1 Å². The number of ether oxygens (including phenoxy) is 1. The third-order valence-electron chi connectivity index (χ3n) is 3.07. The summed E-state index contributed by atoms with van der Waals surface area (Å²) in [4.78, 5) is 11.8. The molecule has 1 N–H and O–H groups in total. The lowest BCUT2D eigenvalue weighted by molar-refractivity contribution is -0.123. The minimum absolute atomic E-state index is 0.00567. The first-order valence-corrected chi connectivity index (χ1v) is 7.13. The predicted molar refractivity (Wildman–Crippen MR) is 84.7 cm³/mol. The SMILES string of the molecule is Cc1cccc(CNC(=O)COc2ccc(Cl)cc2C)c1. The molecule has 2 rings (SSSR count). The first-order valence-electron chi connectivity index (χ1n) is 6.76. The zero-order valence-electron chi connectivity index (χ0n) is 12.2. The molecule has 0 fully saturated rings. The van der Waals surface area contributed by atoms with Crippen molar-refractivity contribution in [1.82, 2.24) is 5.32 Å². The quantitative estimate of drug-likeness (QED) is 0.915. The molecule has 0 aliphatic rings. The Bertz CT molecular complexity index is 640. The van der Waals surface area contributed by atoms with Crippen LogP contribution in [0.25, 0.3) is 0 Å². The maximum Gasteiger partial charge on any atom is 0.258 e. The summed E-state index contributed by atoms with van der Waals surface area (Å²) in [6, 6.07) is 13.4. The van der Waals surface area contributed by atoms with E-state index in [2.05, 4.69) is 5.32 Å². The molecule has 110 valence electrons. The van der Waals surface area contributed by atoms with Crippen molar-refractivity contribution in [2.75, 3.05) is 6.61 Å². The Morgan fingerprint density at radius 1 is 1.19 bits per heavy atom. The number of hydrogen-bond donors (Lipinski definition) is 1. The molecule has 0 atom stereocenters. The van der Waals surface area contributed by atoms with Gasteiger partial charge in [0.25, 0.3) is 5.91 Å². The van der Waals surface area contributed by atoms with E-state index in [1.807, 2.05) is 44.2 Å². The third-order valence-corrected chi connectivity index (χ3v) is 3.30. The average molecular weight is 304 g/mol. The van der Waals surface area contributed by atoms with Crippen molar-refractivity contribution in [3.05, 3.63) is 64.2 Å². The van der Waals surface area contributed by atoms with Gasteiger partial charge >= 0.3 is 0 Å². The van der Waals surface area contributed by atoms with Crippen LogP contribution in [0.3, 0.4) is 0 Å². The molecule has 0 spiro atoms.